The molecule has 4 fully saturated rings. The van der Waals surface area contributed by atoms with Gasteiger partial charge >= 0.3 is 5.97 Å². The van der Waals surface area contributed by atoms with Crippen LogP contribution < -0.4 is 0 Å². The van der Waals surface area contributed by atoms with E-state index in [-0.39, 0.29) is 52.7 Å². The predicted molar refractivity (Wildman–Crippen MR) is 111 cm³/mol. The molecule has 166 valence electrons. The van der Waals surface area contributed by atoms with Crippen LogP contribution in [0.15, 0.2) is 0 Å². The lowest BCUT2D eigenvalue weighted by atomic mass is 9.44. The molecule has 0 spiro atoms. The van der Waals surface area contributed by atoms with Crippen molar-refractivity contribution >= 4 is 23.3 Å². The second kappa shape index (κ2) is 7.56. The van der Waals surface area contributed by atoms with Gasteiger partial charge in [0.2, 0.25) is 0 Å². The molecule has 4 rings (SSSR count). The molecule has 0 aromatic carbocycles. The van der Waals surface area contributed by atoms with Crippen molar-refractivity contribution in [2.24, 2.45) is 46.3 Å². The predicted octanol–water partition coefficient (Wildman–Crippen LogP) is 4.16. The molecule has 4 saturated carbocycles. The maximum absolute atomic E-state index is 13.7. The van der Waals surface area contributed by atoms with E-state index in [1.165, 1.54) is 7.11 Å². The van der Waals surface area contributed by atoms with Crippen LogP contribution in [0.3, 0.4) is 0 Å². The summed E-state index contributed by atoms with van der Waals surface area (Å²) in [5.74, 6) is 1.41. The highest BCUT2D eigenvalue weighted by atomic mass is 16.5. The molecule has 0 aliphatic heterocycles. The summed E-state index contributed by atoms with van der Waals surface area (Å²) in [6.45, 7) is 6.50. The lowest BCUT2D eigenvalue weighted by Gasteiger charge is -2.58. The number of carbonyl (C=O) groups excluding carboxylic acids is 4. The van der Waals surface area contributed by atoms with Crippen LogP contribution in [-0.4, -0.2) is 30.4 Å². The van der Waals surface area contributed by atoms with Crippen molar-refractivity contribution < 1.29 is 23.9 Å². The van der Waals surface area contributed by atoms with Gasteiger partial charge in [0.25, 0.3) is 0 Å². The van der Waals surface area contributed by atoms with Crippen LogP contribution in [0.25, 0.3) is 0 Å². The summed E-state index contributed by atoms with van der Waals surface area (Å²) < 4.78 is 4.80. The molecule has 0 amide bonds. The van der Waals surface area contributed by atoms with E-state index in [1.807, 2.05) is 0 Å². The third-order valence-corrected chi connectivity index (χ3v) is 9.94. The fraction of sp³-hybridized carbons (Fsp3) is 0.840. The van der Waals surface area contributed by atoms with Crippen LogP contribution >= 0.6 is 0 Å². The molecule has 0 N–H and O–H groups in total. The molecule has 0 heterocycles. The normalized spacial score (nSPS) is 44.1. The molecule has 5 nitrogen and oxygen atoms in total. The maximum Gasteiger partial charge on any atom is 0.305 e. The number of carbonyl (C=O) groups is 4. The number of rotatable bonds is 4. The van der Waals surface area contributed by atoms with E-state index in [0.29, 0.717) is 43.7 Å². The Labute approximate surface area is 179 Å². The standard InChI is InChI=1S/C25H36O5/c1-14(5-8-22(29)30-4)17-6-7-18-23-19(13-21(28)25(17,18)3)24(2)10-9-16(26)11-15(24)12-20(23)27/h14-15,17-19,23H,5-13H2,1-4H3/t14-,15-,17+,18-,19-,23-,24-,25+/m0/s1. The number of Topliss-reactive ketones (excluding diaryl/α,β-unsaturated/α-hetero) is 3. The number of fused-ring (bicyclic) bond motifs is 5. The van der Waals surface area contributed by atoms with Crippen molar-refractivity contribution in [3.8, 4) is 0 Å². The maximum atomic E-state index is 13.7. The topological polar surface area (TPSA) is 77.5 Å². The summed E-state index contributed by atoms with van der Waals surface area (Å²) >= 11 is 0. The first kappa shape index (κ1) is 21.7. The number of ketones is 3. The second-order valence-corrected chi connectivity index (χ2v) is 11.0. The molecule has 0 unspecified atom stereocenters. The Morgan fingerprint density at radius 3 is 2.53 bits per heavy atom. The molecule has 30 heavy (non-hydrogen) atoms. The SMILES string of the molecule is COC(=O)CC[C@H](C)[C@H]1CC[C@H]2[C@@H]3C(=O)C[C@@H]4CC(=O)CC[C@]4(C)[C@H]3CC(=O)[C@]12C. The van der Waals surface area contributed by atoms with Crippen LogP contribution in [0.1, 0.15) is 78.6 Å². The van der Waals surface area contributed by atoms with Gasteiger partial charge in [-0.3, -0.25) is 19.2 Å². The molecule has 0 aromatic heterocycles. The van der Waals surface area contributed by atoms with Gasteiger partial charge in [-0.1, -0.05) is 20.8 Å². The van der Waals surface area contributed by atoms with E-state index in [0.717, 1.165) is 25.7 Å². The van der Waals surface area contributed by atoms with Crippen molar-refractivity contribution in [1.82, 2.24) is 0 Å². The highest BCUT2D eigenvalue weighted by molar-refractivity contribution is 5.93. The monoisotopic (exact) mass is 416 g/mol. The van der Waals surface area contributed by atoms with Crippen LogP contribution in [0.2, 0.25) is 0 Å². The number of ether oxygens (including phenoxy) is 1. The lowest BCUT2D eigenvalue weighted by Crippen LogP contribution is -2.60. The molecule has 0 radical (unpaired) electrons. The van der Waals surface area contributed by atoms with Gasteiger partial charge in [-0.2, -0.15) is 0 Å². The first-order chi connectivity index (χ1) is 14.1. The van der Waals surface area contributed by atoms with Crippen molar-refractivity contribution in [1.29, 1.82) is 0 Å². The Balaban J connectivity index is 1.60. The molecular weight excluding hydrogens is 380 g/mol. The van der Waals surface area contributed by atoms with Crippen LogP contribution in [0, 0.1) is 46.3 Å². The second-order valence-electron chi connectivity index (χ2n) is 11.0. The Hall–Kier alpha value is -1.52. The highest BCUT2D eigenvalue weighted by Gasteiger charge is 2.66. The first-order valence-electron chi connectivity index (χ1n) is 11.8. The molecule has 0 saturated heterocycles. The minimum atomic E-state index is -0.472. The average Bonchev–Trinajstić information content (AvgIpc) is 3.06. The van der Waals surface area contributed by atoms with E-state index in [1.54, 1.807) is 0 Å². The Kier molecular flexibility index (Phi) is 5.47. The fourth-order valence-corrected chi connectivity index (χ4v) is 8.04. The third-order valence-electron chi connectivity index (χ3n) is 9.94. The van der Waals surface area contributed by atoms with Crippen LogP contribution in [0.4, 0.5) is 0 Å². The van der Waals surface area contributed by atoms with Gasteiger partial charge in [0.15, 0.2) is 0 Å². The Bertz CT molecular complexity index is 772. The van der Waals surface area contributed by atoms with Gasteiger partial charge in [-0.25, -0.2) is 0 Å². The first-order valence-corrected chi connectivity index (χ1v) is 11.8. The van der Waals surface area contributed by atoms with Gasteiger partial charge in [0.1, 0.15) is 17.3 Å². The van der Waals surface area contributed by atoms with Crippen LogP contribution in [-0.2, 0) is 23.9 Å². The molecule has 5 heteroatoms. The average molecular weight is 417 g/mol. The van der Waals surface area contributed by atoms with Gasteiger partial charge in [-0.05, 0) is 60.7 Å². The Morgan fingerprint density at radius 1 is 1.10 bits per heavy atom. The quantitative estimate of drug-likeness (QED) is 0.643. The van der Waals surface area contributed by atoms with E-state index >= 15 is 0 Å². The summed E-state index contributed by atoms with van der Waals surface area (Å²) in [5, 5.41) is 0. The molecule has 8 atom stereocenters. The molecule has 0 bridgehead atoms. The molecular formula is C25H36O5. The van der Waals surface area contributed by atoms with Gasteiger partial charge in [0.05, 0.1) is 7.11 Å². The lowest BCUT2D eigenvalue weighted by molar-refractivity contribution is -0.166. The van der Waals surface area contributed by atoms with Crippen molar-refractivity contribution in [3.63, 3.8) is 0 Å². The van der Waals surface area contributed by atoms with E-state index in [9.17, 15) is 19.2 Å². The molecule has 4 aliphatic carbocycles. The number of hydrogen-bond donors (Lipinski definition) is 0. The van der Waals surface area contributed by atoms with Crippen molar-refractivity contribution in [3.05, 3.63) is 0 Å². The van der Waals surface area contributed by atoms with Gasteiger partial charge in [-0.15, -0.1) is 0 Å². The Morgan fingerprint density at radius 2 is 1.83 bits per heavy atom. The molecule has 0 aromatic rings. The van der Waals surface area contributed by atoms with E-state index in [2.05, 4.69) is 20.8 Å². The van der Waals surface area contributed by atoms with Gasteiger partial charge in [0, 0.05) is 43.4 Å². The smallest absolute Gasteiger partial charge is 0.305 e. The largest absolute Gasteiger partial charge is 0.469 e. The number of methoxy groups -OCH3 is 1. The fourth-order valence-electron chi connectivity index (χ4n) is 8.04. The zero-order valence-corrected chi connectivity index (χ0v) is 18.9. The minimum absolute atomic E-state index is 0.0417. The highest BCUT2D eigenvalue weighted by Crippen LogP contribution is 2.66. The summed E-state index contributed by atoms with van der Waals surface area (Å²) in [6, 6.07) is 0. The van der Waals surface area contributed by atoms with Crippen molar-refractivity contribution in [2.45, 2.75) is 78.6 Å². The summed E-state index contributed by atoms with van der Waals surface area (Å²) in [4.78, 5) is 50.7. The van der Waals surface area contributed by atoms with E-state index in [4.69, 9.17) is 4.74 Å². The van der Waals surface area contributed by atoms with Crippen LogP contribution in [0.5, 0.6) is 0 Å². The number of esters is 1. The zero-order valence-electron chi connectivity index (χ0n) is 18.9. The minimum Gasteiger partial charge on any atom is -0.469 e. The zero-order chi connectivity index (χ0) is 21.8. The third kappa shape index (κ3) is 3.10. The summed E-state index contributed by atoms with van der Waals surface area (Å²) in [7, 11) is 1.41. The number of hydrogen-bond acceptors (Lipinski definition) is 5. The van der Waals surface area contributed by atoms with E-state index < -0.39 is 5.41 Å². The van der Waals surface area contributed by atoms with Gasteiger partial charge < -0.3 is 4.74 Å². The van der Waals surface area contributed by atoms with Crippen molar-refractivity contribution in [2.75, 3.05) is 7.11 Å². The summed E-state index contributed by atoms with van der Waals surface area (Å²) in [5.41, 5.74) is -0.544. The summed E-state index contributed by atoms with van der Waals surface area (Å²) in [6.07, 6.45) is 5.87. The molecule has 4 aliphatic rings.